The average molecular weight is 631 g/mol. The summed E-state index contributed by atoms with van der Waals surface area (Å²) in [4.78, 5) is 38.2. The number of carbonyl (C=O) groups is 3. The molecule has 0 saturated heterocycles. The van der Waals surface area contributed by atoms with Gasteiger partial charge in [0.2, 0.25) is 5.91 Å². The van der Waals surface area contributed by atoms with Crippen LogP contribution >= 0.6 is 0 Å². The molecule has 0 saturated carbocycles. The first-order valence-corrected chi connectivity index (χ1v) is 11.5. The van der Waals surface area contributed by atoms with E-state index in [4.69, 9.17) is 19.8 Å². The van der Waals surface area contributed by atoms with Crippen molar-refractivity contribution in [3.63, 3.8) is 0 Å². The minimum absolute atomic E-state index is 0.0125. The number of aromatic nitrogens is 2. The molecule has 0 spiro atoms. The molecule has 0 aliphatic rings. The van der Waals surface area contributed by atoms with Crippen LogP contribution in [0.5, 0.6) is 5.75 Å². The highest BCUT2D eigenvalue weighted by atomic mass is 19.4. The van der Waals surface area contributed by atoms with E-state index in [1.807, 2.05) is 13.8 Å². The number of hydrogen-bond donors (Lipinski definition) is 4. The number of fused-ring (bicyclic) bond motifs is 1. The molecule has 0 aliphatic carbocycles. The number of benzene rings is 1. The quantitative estimate of drug-likeness (QED) is 0.256. The smallest absolute Gasteiger partial charge is 0.490 e. The molecule has 3 rings (SSSR count). The highest BCUT2D eigenvalue weighted by molar-refractivity contribution is 5.86. The Morgan fingerprint density at radius 1 is 0.837 bits per heavy atom. The Morgan fingerprint density at radius 2 is 1.37 bits per heavy atom. The molecular formula is C25H22F9N3O6. The molecule has 1 aromatic carbocycles. The number of carboxylic acids is 2. The van der Waals surface area contributed by atoms with Crippen molar-refractivity contribution in [2.24, 2.45) is 5.92 Å². The number of aromatic hydroxyl groups is 1. The number of rotatable bonds is 5. The largest absolute Gasteiger partial charge is 0.505 e. The Morgan fingerprint density at radius 3 is 1.84 bits per heavy atom. The van der Waals surface area contributed by atoms with Crippen molar-refractivity contribution in [1.82, 2.24) is 15.3 Å². The third-order valence-electron chi connectivity index (χ3n) is 4.94. The van der Waals surface area contributed by atoms with E-state index < -0.39 is 48.0 Å². The molecule has 2 aromatic heterocycles. The molecule has 4 N–H and O–H groups in total. The zero-order chi connectivity index (χ0) is 33.3. The molecule has 1 amide bonds. The minimum atomic E-state index is -5.08. The number of carbonyl (C=O) groups excluding carboxylic acids is 1. The number of aliphatic carboxylic acids is 2. The summed E-state index contributed by atoms with van der Waals surface area (Å²) < 4.78 is 104. The van der Waals surface area contributed by atoms with Crippen molar-refractivity contribution in [2.45, 2.75) is 44.8 Å². The second kappa shape index (κ2) is 14.5. The Balaban J connectivity index is 0.000000548. The minimum Gasteiger partial charge on any atom is -0.505 e. The van der Waals surface area contributed by atoms with Crippen LogP contribution < -0.4 is 5.32 Å². The van der Waals surface area contributed by atoms with Gasteiger partial charge in [-0.05, 0) is 18.1 Å². The van der Waals surface area contributed by atoms with Crippen molar-refractivity contribution in [1.29, 1.82) is 0 Å². The molecule has 0 aliphatic heterocycles. The van der Waals surface area contributed by atoms with Gasteiger partial charge in [-0.25, -0.2) is 9.59 Å². The Hall–Kier alpha value is -4.64. The molecule has 0 bridgehead atoms. The van der Waals surface area contributed by atoms with Gasteiger partial charge in [0, 0.05) is 41.5 Å². The molecule has 3 aromatic rings. The van der Waals surface area contributed by atoms with Gasteiger partial charge in [-0.15, -0.1) is 0 Å². The molecule has 43 heavy (non-hydrogen) atoms. The summed E-state index contributed by atoms with van der Waals surface area (Å²) in [6.07, 6.45) is -11.1. The van der Waals surface area contributed by atoms with Gasteiger partial charge < -0.3 is 20.6 Å². The fourth-order valence-electron chi connectivity index (χ4n) is 3.19. The molecule has 18 heteroatoms. The topological polar surface area (TPSA) is 150 Å². The van der Waals surface area contributed by atoms with Crippen LogP contribution in [0.25, 0.3) is 10.9 Å². The molecule has 9 nitrogen and oxygen atoms in total. The van der Waals surface area contributed by atoms with E-state index in [1.165, 1.54) is 12.3 Å². The normalized spacial score (nSPS) is 12.4. The lowest BCUT2D eigenvalue weighted by atomic mass is 9.93. The van der Waals surface area contributed by atoms with Gasteiger partial charge in [-0.3, -0.25) is 14.8 Å². The maximum atomic E-state index is 13.6. The number of hydrogen-bond acceptors (Lipinski definition) is 6. The number of halogens is 9. The fraction of sp³-hybridized carbons (Fsp3) is 0.320. The predicted octanol–water partition coefficient (Wildman–Crippen LogP) is 5.87. The maximum absolute atomic E-state index is 13.6. The number of pyridine rings is 2. The number of phenols is 1. The predicted molar refractivity (Wildman–Crippen MR) is 129 cm³/mol. The summed E-state index contributed by atoms with van der Waals surface area (Å²) in [6, 6.07) is 6.16. The van der Waals surface area contributed by atoms with Gasteiger partial charge in [-0.2, -0.15) is 39.5 Å². The van der Waals surface area contributed by atoms with Crippen molar-refractivity contribution >= 4 is 28.7 Å². The van der Waals surface area contributed by atoms with Gasteiger partial charge in [0.15, 0.2) is 0 Å². The van der Waals surface area contributed by atoms with Crippen LogP contribution in [0.15, 0.2) is 48.9 Å². The van der Waals surface area contributed by atoms with Crippen LogP contribution in [0.3, 0.4) is 0 Å². The second-order valence-electron chi connectivity index (χ2n) is 8.74. The average Bonchev–Trinajstić information content (AvgIpc) is 2.87. The van der Waals surface area contributed by atoms with Crippen LogP contribution in [0.1, 0.15) is 43.0 Å². The Kier molecular flexibility index (Phi) is 12.3. The van der Waals surface area contributed by atoms with Crippen LogP contribution in [-0.4, -0.2) is 55.5 Å². The summed E-state index contributed by atoms with van der Waals surface area (Å²) in [6.45, 7) is 3.66. The summed E-state index contributed by atoms with van der Waals surface area (Å²) in [5.41, 5.74) is -0.817. The molecule has 0 radical (unpaired) electrons. The maximum Gasteiger partial charge on any atom is 0.490 e. The lowest BCUT2D eigenvalue weighted by Crippen LogP contribution is -2.31. The monoisotopic (exact) mass is 631 g/mol. The van der Waals surface area contributed by atoms with E-state index in [9.17, 15) is 49.4 Å². The van der Waals surface area contributed by atoms with Crippen LogP contribution in [-0.2, 0) is 20.6 Å². The zero-order valence-electron chi connectivity index (χ0n) is 21.8. The third-order valence-corrected chi connectivity index (χ3v) is 4.94. The number of alkyl halides is 9. The Labute approximate surface area is 236 Å². The highest BCUT2D eigenvalue weighted by Gasteiger charge is 2.39. The van der Waals surface area contributed by atoms with Crippen LogP contribution in [0.2, 0.25) is 0 Å². The first-order chi connectivity index (χ1) is 19.6. The van der Waals surface area contributed by atoms with E-state index in [-0.39, 0.29) is 34.7 Å². The van der Waals surface area contributed by atoms with Crippen LogP contribution in [0, 0.1) is 5.92 Å². The van der Waals surface area contributed by atoms with E-state index in [0.717, 1.165) is 18.5 Å². The molecule has 1 unspecified atom stereocenters. The van der Waals surface area contributed by atoms with E-state index >= 15 is 0 Å². The van der Waals surface area contributed by atoms with E-state index in [2.05, 4.69) is 15.3 Å². The molecule has 236 valence electrons. The molecule has 2 heterocycles. The van der Waals surface area contributed by atoms with Crippen LogP contribution in [0.4, 0.5) is 39.5 Å². The standard InChI is InChI=1S/C21H20F3N3O2.2C2HF3O2/c1-12(2)10-17(28)27-19(15-11-25-9-7-16(15)21(22,23)24)14-6-5-13-4-3-8-26-18(13)20(14)29;2*3-2(4,5)1(6)7/h3-9,11-12,19,29H,10H2,1-2H3,(H,27,28);2*(H,6,7). The first kappa shape index (κ1) is 36.4. The second-order valence-corrected chi connectivity index (χ2v) is 8.74. The number of carboxylic acid groups (broad SMARTS) is 2. The van der Waals surface area contributed by atoms with Gasteiger partial charge in [-0.1, -0.05) is 32.0 Å². The molecule has 0 fully saturated rings. The lowest BCUT2D eigenvalue weighted by molar-refractivity contribution is -0.193. The first-order valence-electron chi connectivity index (χ1n) is 11.5. The van der Waals surface area contributed by atoms with Crippen molar-refractivity contribution < 1.29 is 69.2 Å². The molecular weight excluding hydrogens is 609 g/mol. The van der Waals surface area contributed by atoms with Crippen molar-refractivity contribution in [3.05, 3.63) is 65.6 Å². The summed E-state index contributed by atoms with van der Waals surface area (Å²) in [7, 11) is 0. The number of nitrogens with zero attached hydrogens (tertiary/aromatic N) is 2. The SMILES string of the molecule is CC(C)CC(=O)NC(c1cnccc1C(F)(F)F)c1ccc2cccnc2c1O.O=C(O)C(F)(F)F.O=C(O)C(F)(F)F. The van der Waals surface area contributed by atoms with Gasteiger partial charge >= 0.3 is 30.5 Å². The fourth-order valence-corrected chi connectivity index (χ4v) is 3.19. The zero-order valence-corrected chi connectivity index (χ0v) is 21.8. The van der Waals surface area contributed by atoms with Crippen molar-refractivity contribution in [3.8, 4) is 5.75 Å². The van der Waals surface area contributed by atoms with E-state index in [1.54, 1.807) is 18.2 Å². The number of amides is 1. The lowest BCUT2D eigenvalue weighted by Gasteiger charge is -2.24. The Bertz CT molecular complexity index is 1400. The number of phenolic OH excluding ortho intramolecular Hbond substituents is 1. The summed E-state index contributed by atoms with van der Waals surface area (Å²) >= 11 is 0. The van der Waals surface area contributed by atoms with Gasteiger partial charge in [0.05, 0.1) is 11.6 Å². The third kappa shape index (κ3) is 11.3. The highest BCUT2D eigenvalue weighted by Crippen LogP contribution is 2.40. The summed E-state index contributed by atoms with van der Waals surface area (Å²) in [5, 5.41) is 28.3. The number of nitrogens with one attached hydrogen (secondary N) is 1. The van der Waals surface area contributed by atoms with Gasteiger partial charge in [0.25, 0.3) is 0 Å². The van der Waals surface area contributed by atoms with Gasteiger partial charge in [0.1, 0.15) is 11.3 Å². The summed E-state index contributed by atoms with van der Waals surface area (Å²) in [5.74, 6) is -6.21. The van der Waals surface area contributed by atoms with E-state index in [0.29, 0.717) is 5.39 Å². The van der Waals surface area contributed by atoms with Crippen molar-refractivity contribution in [2.75, 3.05) is 0 Å². The molecule has 1 atom stereocenters.